The molecule has 4 nitrogen and oxygen atoms in total. The van der Waals surface area contributed by atoms with Gasteiger partial charge in [-0.05, 0) is 26.0 Å². The standard InChI is InChI=1S/C13H20O4/c1-13(2,14)12-9(8-15-3)10(16-4)6-7-11(12)17-5/h6-7,14H,8H2,1-5H3. The Labute approximate surface area is 102 Å². The first kappa shape index (κ1) is 13.8. The Morgan fingerprint density at radius 2 is 1.59 bits per heavy atom. The highest BCUT2D eigenvalue weighted by Crippen LogP contribution is 2.38. The van der Waals surface area contributed by atoms with Crippen molar-refractivity contribution in [2.75, 3.05) is 21.3 Å². The first-order chi connectivity index (χ1) is 7.95. The highest BCUT2D eigenvalue weighted by atomic mass is 16.5. The largest absolute Gasteiger partial charge is 0.496 e. The zero-order valence-corrected chi connectivity index (χ0v) is 11.0. The molecule has 0 saturated carbocycles. The molecule has 0 radical (unpaired) electrons. The normalized spacial score (nSPS) is 11.4. The quantitative estimate of drug-likeness (QED) is 0.856. The maximum Gasteiger partial charge on any atom is 0.125 e. The molecule has 1 N–H and O–H groups in total. The first-order valence-electron chi connectivity index (χ1n) is 5.41. The topological polar surface area (TPSA) is 47.9 Å². The Hall–Kier alpha value is -1.26. The summed E-state index contributed by atoms with van der Waals surface area (Å²) in [7, 11) is 4.77. The van der Waals surface area contributed by atoms with Crippen molar-refractivity contribution in [1.82, 2.24) is 0 Å². The van der Waals surface area contributed by atoms with E-state index >= 15 is 0 Å². The Morgan fingerprint density at radius 1 is 1.06 bits per heavy atom. The van der Waals surface area contributed by atoms with Crippen LogP contribution in [-0.4, -0.2) is 26.4 Å². The number of hydrogen-bond acceptors (Lipinski definition) is 4. The van der Waals surface area contributed by atoms with Crippen LogP contribution >= 0.6 is 0 Å². The van der Waals surface area contributed by atoms with Gasteiger partial charge < -0.3 is 19.3 Å². The van der Waals surface area contributed by atoms with E-state index in [0.29, 0.717) is 23.7 Å². The second-order valence-electron chi connectivity index (χ2n) is 4.32. The van der Waals surface area contributed by atoms with E-state index in [4.69, 9.17) is 14.2 Å². The summed E-state index contributed by atoms with van der Waals surface area (Å²) in [5.41, 5.74) is 0.483. The van der Waals surface area contributed by atoms with Crippen molar-refractivity contribution in [3.8, 4) is 11.5 Å². The monoisotopic (exact) mass is 240 g/mol. The van der Waals surface area contributed by atoms with Gasteiger partial charge in [-0.3, -0.25) is 0 Å². The predicted molar refractivity (Wildman–Crippen MR) is 65.5 cm³/mol. The smallest absolute Gasteiger partial charge is 0.125 e. The minimum atomic E-state index is -1.02. The molecule has 0 amide bonds. The van der Waals surface area contributed by atoms with Crippen LogP contribution in [0.15, 0.2) is 12.1 Å². The van der Waals surface area contributed by atoms with Crippen LogP contribution in [0.5, 0.6) is 11.5 Å². The molecule has 0 unspecified atom stereocenters. The first-order valence-corrected chi connectivity index (χ1v) is 5.41. The van der Waals surface area contributed by atoms with Crippen molar-refractivity contribution in [2.24, 2.45) is 0 Å². The average Bonchev–Trinajstić information content (AvgIpc) is 2.27. The summed E-state index contributed by atoms with van der Waals surface area (Å²) in [6.45, 7) is 3.78. The third-order valence-electron chi connectivity index (χ3n) is 2.57. The molecular formula is C13H20O4. The SMILES string of the molecule is COCc1c(OC)ccc(OC)c1C(C)(C)O. The number of hydrogen-bond donors (Lipinski definition) is 1. The molecule has 0 heterocycles. The lowest BCUT2D eigenvalue weighted by molar-refractivity contribution is 0.0710. The van der Waals surface area contributed by atoms with Gasteiger partial charge in [0, 0.05) is 18.2 Å². The van der Waals surface area contributed by atoms with E-state index in [0.717, 1.165) is 5.56 Å². The molecule has 0 aromatic heterocycles. The second-order valence-corrected chi connectivity index (χ2v) is 4.32. The highest BCUT2D eigenvalue weighted by Gasteiger charge is 2.27. The number of rotatable bonds is 5. The number of methoxy groups -OCH3 is 3. The Kier molecular flexibility index (Phi) is 4.37. The minimum absolute atomic E-state index is 0.361. The van der Waals surface area contributed by atoms with E-state index in [2.05, 4.69) is 0 Å². The molecule has 0 aliphatic heterocycles. The van der Waals surface area contributed by atoms with Crippen LogP contribution in [0.4, 0.5) is 0 Å². The van der Waals surface area contributed by atoms with Crippen molar-refractivity contribution >= 4 is 0 Å². The lowest BCUT2D eigenvalue weighted by Gasteiger charge is -2.25. The number of aliphatic hydroxyl groups is 1. The molecule has 0 saturated heterocycles. The van der Waals surface area contributed by atoms with Crippen LogP contribution in [0, 0.1) is 0 Å². The van der Waals surface area contributed by atoms with E-state index in [1.807, 2.05) is 6.07 Å². The van der Waals surface area contributed by atoms with Gasteiger partial charge in [-0.2, -0.15) is 0 Å². The fourth-order valence-electron chi connectivity index (χ4n) is 1.93. The van der Waals surface area contributed by atoms with Crippen LogP contribution in [0.25, 0.3) is 0 Å². The minimum Gasteiger partial charge on any atom is -0.496 e. The second kappa shape index (κ2) is 5.38. The molecule has 1 aromatic rings. The fourth-order valence-corrected chi connectivity index (χ4v) is 1.93. The summed E-state index contributed by atoms with van der Waals surface area (Å²) < 4.78 is 15.7. The summed E-state index contributed by atoms with van der Waals surface area (Å²) in [4.78, 5) is 0. The summed E-state index contributed by atoms with van der Waals surface area (Å²) in [6.07, 6.45) is 0. The highest BCUT2D eigenvalue weighted by molar-refractivity contribution is 5.51. The van der Waals surface area contributed by atoms with Crippen LogP contribution in [0.1, 0.15) is 25.0 Å². The van der Waals surface area contributed by atoms with Crippen molar-refractivity contribution < 1.29 is 19.3 Å². The molecule has 1 rings (SSSR count). The van der Waals surface area contributed by atoms with E-state index in [1.54, 1.807) is 41.2 Å². The van der Waals surface area contributed by atoms with E-state index in [1.165, 1.54) is 0 Å². The van der Waals surface area contributed by atoms with Gasteiger partial charge in [-0.15, -0.1) is 0 Å². The average molecular weight is 240 g/mol. The molecule has 0 bridgehead atoms. The van der Waals surface area contributed by atoms with E-state index in [9.17, 15) is 5.11 Å². The van der Waals surface area contributed by atoms with Gasteiger partial charge in [0.1, 0.15) is 11.5 Å². The lowest BCUT2D eigenvalue weighted by atomic mass is 9.91. The van der Waals surface area contributed by atoms with Crippen LogP contribution in [0.2, 0.25) is 0 Å². The van der Waals surface area contributed by atoms with E-state index < -0.39 is 5.60 Å². The summed E-state index contributed by atoms with van der Waals surface area (Å²) in [6, 6.07) is 3.59. The molecule has 1 aromatic carbocycles. The predicted octanol–water partition coefficient (Wildman–Crippen LogP) is 2.08. The molecule has 0 fully saturated rings. The van der Waals surface area contributed by atoms with Gasteiger partial charge in [0.25, 0.3) is 0 Å². The Bertz CT molecular complexity index is 380. The fraction of sp³-hybridized carbons (Fsp3) is 0.538. The molecular weight excluding hydrogens is 220 g/mol. The third kappa shape index (κ3) is 2.90. The molecule has 0 aliphatic carbocycles. The van der Waals surface area contributed by atoms with Gasteiger partial charge >= 0.3 is 0 Å². The van der Waals surface area contributed by atoms with Crippen LogP contribution in [-0.2, 0) is 16.9 Å². The zero-order valence-electron chi connectivity index (χ0n) is 11.0. The molecule has 17 heavy (non-hydrogen) atoms. The lowest BCUT2D eigenvalue weighted by Crippen LogP contribution is -2.20. The van der Waals surface area contributed by atoms with Gasteiger partial charge in [-0.1, -0.05) is 0 Å². The molecule has 96 valence electrons. The molecule has 0 aliphatic rings. The van der Waals surface area contributed by atoms with E-state index in [-0.39, 0.29) is 0 Å². The third-order valence-corrected chi connectivity index (χ3v) is 2.57. The van der Waals surface area contributed by atoms with Crippen molar-refractivity contribution in [3.63, 3.8) is 0 Å². The van der Waals surface area contributed by atoms with Gasteiger partial charge in [-0.25, -0.2) is 0 Å². The maximum atomic E-state index is 10.2. The van der Waals surface area contributed by atoms with Crippen LogP contribution < -0.4 is 9.47 Å². The van der Waals surface area contributed by atoms with Crippen molar-refractivity contribution in [3.05, 3.63) is 23.3 Å². The Morgan fingerprint density at radius 3 is 2.00 bits per heavy atom. The van der Waals surface area contributed by atoms with Crippen LogP contribution in [0.3, 0.4) is 0 Å². The van der Waals surface area contributed by atoms with Crippen molar-refractivity contribution in [2.45, 2.75) is 26.1 Å². The summed E-state index contributed by atoms with van der Waals surface area (Å²) in [5.74, 6) is 1.31. The number of ether oxygens (including phenoxy) is 3. The summed E-state index contributed by atoms with van der Waals surface area (Å²) >= 11 is 0. The maximum absolute atomic E-state index is 10.2. The zero-order chi connectivity index (χ0) is 13.1. The molecule has 4 heteroatoms. The molecule has 0 atom stereocenters. The van der Waals surface area contributed by atoms with Gasteiger partial charge in [0.05, 0.1) is 26.4 Å². The molecule has 0 spiro atoms. The van der Waals surface area contributed by atoms with Gasteiger partial charge in [0.2, 0.25) is 0 Å². The Balaban J connectivity index is 3.47. The number of benzene rings is 1. The summed E-state index contributed by atoms with van der Waals surface area (Å²) in [5, 5.41) is 10.2. The van der Waals surface area contributed by atoms with Crippen molar-refractivity contribution in [1.29, 1.82) is 0 Å². The van der Waals surface area contributed by atoms with Gasteiger partial charge in [0.15, 0.2) is 0 Å².